The average Bonchev–Trinajstić information content (AvgIpc) is 3.02. The lowest BCUT2D eigenvalue weighted by molar-refractivity contribution is -0.384. The average molecular weight is 440 g/mol. The van der Waals surface area contributed by atoms with Gasteiger partial charge in [-0.25, -0.2) is 0 Å². The van der Waals surface area contributed by atoms with Gasteiger partial charge in [-0.2, -0.15) is 0 Å². The van der Waals surface area contributed by atoms with Crippen LogP contribution in [0.3, 0.4) is 0 Å². The topological polar surface area (TPSA) is 119 Å². The molecule has 0 spiro atoms. The molecule has 32 heavy (non-hydrogen) atoms. The quantitative estimate of drug-likeness (QED) is 0.219. The number of carbonyl (C=O) groups excluding carboxylic acids is 2. The van der Waals surface area contributed by atoms with E-state index in [1.165, 1.54) is 30.2 Å². The molecule has 3 rings (SSSR count). The van der Waals surface area contributed by atoms with Crippen LogP contribution < -0.4 is 4.74 Å². The molecule has 0 saturated carbocycles. The molecule has 1 N–H and O–H groups in total. The summed E-state index contributed by atoms with van der Waals surface area (Å²) in [5, 5.41) is 22.3. The Morgan fingerprint density at radius 2 is 1.88 bits per heavy atom. The second-order valence-electron chi connectivity index (χ2n) is 7.53. The van der Waals surface area contributed by atoms with Crippen LogP contribution in [0, 0.1) is 10.1 Å². The van der Waals surface area contributed by atoms with Gasteiger partial charge in [0.1, 0.15) is 11.5 Å². The predicted octanol–water partition coefficient (Wildman–Crippen LogP) is 3.45. The van der Waals surface area contributed by atoms with Crippen molar-refractivity contribution in [1.82, 2.24) is 4.90 Å². The number of amides is 1. The molecule has 0 radical (unpaired) electrons. The molecular weight excluding hydrogens is 416 g/mol. The molecule has 0 aliphatic carbocycles. The number of nitro groups is 1. The summed E-state index contributed by atoms with van der Waals surface area (Å²) < 4.78 is 10.6. The maximum Gasteiger partial charge on any atom is 0.295 e. The summed E-state index contributed by atoms with van der Waals surface area (Å²) >= 11 is 0. The monoisotopic (exact) mass is 440 g/mol. The third-order valence-electron chi connectivity index (χ3n) is 4.97. The van der Waals surface area contributed by atoms with E-state index in [9.17, 15) is 24.8 Å². The molecule has 0 unspecified atom stereocenters. The molecule has 9 nitrogen and oxygen atoms in total. The number of nitrogens with zero attached hydrogens (tertiary/aromatic N) is 2. The molecular formula is C23H24N2O7. The van der Waals surface area contributed by atoms with Crippen molar-refractivity contribution in [3.8, 4) is 5.75 Å². The number of hydrogen-bond acceptors (Lipinski definition) is 7. The van der Waals surface area contributed by atoms with E-state index in [0.717, 1.165) is 0 Å². The number of rotatable bonds is 8. The van der Waals surface area contributed by atoms with E-state index in [0.29, 0.717) is 16.9 Å². The van der Waals surface area contributed by atoms with E-state index in [1.54, 1.807) is 30.3 Å². The molecule has 0 bridgehead atoms. The highest BCUT2D eigenvalue weighted by molar-refractivity contribution is 6.46. The van der Waals surface area contributed by atoms with Crippen LogP contribution in [0.4, 0.5) is 5.69 Å². The second-order valence-corrected chi connectivity index (χ2v) is 7.53. The Hall–Kier alpha value is -3.72. The van der Waals surface area contributed by atoms with Gasteiger partial charge < -0.3 is 19.5 Å². The highest BCUT2D eigenvalue weighted by atomic mass is 16.6. The smallest absolute Gasteiger partial charge is 0.295 e. The zero-order chi connectivity index (χ0) is 23.4. The Labute approximate surface area is 185 Å². The van der Waals surface area contributed by atoms with E-state index in [4.69, 9.17) is 9.47 Å². The zero-order valence-electron chi connectivity index (χ0n) is 18.0. The minimum absolute atomic E-state index is 0.0329. The van der Waals surface area contributed by atoms with E-state index in [-0.39, 0.29) is 36.3 Å². The van der Waals surface area contributed by atoms with Gasteiger partial charge in [-0.15, -0.1) is 0 Å². The van der Waals surface area contributed by atoms with Crippen LogP contribution in [-0.2, 0) is 14.3 Å². The number of aliphatic hydroxyl groups is 1. The van der Waals surface area contributed by atoms with Crippen LogP contribution in [0.2, 0.25) is 0 Å². The molecule has 9 heteroatoms. The molecule has 2 aromatic carbocycles. The number of benzene rings is 2. The second kappa shape index (κ2) is 9.61. The molecule has 1 atom stereocenters. The maximum absolute atomic E-state index is 12.9. The zero-order valence-corrected chi connectivity index (χ0v) is 18.0. The van der Waals surface area contributed by atoms with Gasteiger partial charge >= 0.3 is 0 Å². The Kier molecular flexibility index (Phi) is 6.89. The molecule has 2 aromatic rings. The Morgan fingerprint density at radius 1 is 1.19 bits per heavy atom. The van der Waals surface area contributed by atoms with E-state index < -0.39 is 22.7 Å². The van der Waals surface area contributed by atoms with Crippen LogP contribution in [0.1, 0.15) is 31.0 Å². The van der Waals surface area contributed by atoms with Crippen molar-refractivity contribution < 1.29 is 29.1 Å². The number of Topliss-reactive ketones (excluding diaryl/α,β-unsaturated/α-hetero) is 1. The summed E-state index contributed by atoms with van der Waals surface area (Å²) in [6, 6.07) is 11.1. The van der Waals surface area contributed by atoms with Crippen LogP contribution in [0.5, 0.6) is 5.75 Å². The van der Waals surface area contributed by atoms with Crippen LogP contribution in [-0.4, -0.2) is 53.0 Å². The van der Waals surface area contributed by atoms with Crippen molar-refractivity contribution in [3.63, 3.8) is 0 Å². The van der Waals surface area contributed by atoms with E-state index >= 15 is 0 Å². The lowest BCUT2D eigenvalue weighted by Crippen LogP contribution is -2.32. The Bertz CT molecular complexity index is 1060. The number of nitro benzene ring substituents is 1. The van der Waals surface area contributed by atoms with Gasteiger partial charge in [0.25, 0.3) is 17.4 Å². The van der Waals surface area contributed by atoms with E-state index in [1.807, 2.05) is 13.8 Å². The number of carbonyl (C=O) groups is 2. The number of ketones is 1. The molecule has 0 aromatic heterocycles. The van der Waals surface area contributed by atoms with Gasteiger partial charge in [-0.3, -0.25) is 19.7 Å². The van der Waals surface area contributed by atoms with Crippen molar-refractivity contribution in [1.29, 1.82) is 0 Å². The van der Waals surface area contributed by atoms with Gasteiger partial charge in [-0.05, 0) is 43.7 Å². The Morgan fingerprint density at radius 3 is 2.47 bits per heavy atom. The first-order valence-corrected chi connectivity index (χ1v) is 10.0. The van der Waals surface area contributed by atoms with Crippen LogP contribution in [0.15, 0.2) is 54.1 Å². The lowest BCUT2D eigenvalue weighted by atomic mass is 9.95. The molecule has 1 aliphatic rings. The third-order valence-corrected chi connectivity index (χ3v) is 4.97. The van der Waals surface area contributed by atoms with Crippen LogP contribution in [0.25, 0.3) is 5.76 Å². The standard InChI is InChI=1S/C23H24N2O7/c1-14(2)32-18-9-7-15(8-10-18)21(26)19-20(16-5-4-6-17(13-16)25(29)30)24(11-12-31-3)23(28)22(19)27/h4-10,13-14,20,26H,11-12H2,1-3H3/t20-/m0/s1. The molecule has 1 aliphatic heterocycles. The fourth-order valence-electron chi connectivity index (χ4n) is 3.57. The molecule has 1 amide bonds. The SMILES string of the molecule is COCCN1C(=O)C(=O)C(=C(O)c2ccc(OC(C)C)cc2)[C@@H]1c1cccc([N+](=O)[O-])c1. The third kappa shape index (κ3) is 4.62. The van der Waals surface area contributed by atoms with E-state index in [2.05, 4.69) is 0 Å². The molecule has 1 heterocycles. The van der Waals surface area contributed by atoms with Crippen LogP contribution >= 0.6 is 0 Å². The molecule has 1 fully saturated rings. The number of ether oxygens (including phenoxy) is 2. The summed E-state index contributed by atoms with van der Waals surface area (Å²) in [5.74, 6) is -1.44. The Balaban J connectivity index is 2.11. The van der Waals surface area contributed by atoms with Gasteiger partial charge in [0.05, 0.1) is 29.2 Å². The minimum atomic E-state index is -0.989. The fraction of sp³-hybridized carbons (Fsp3) is 0.304. The highest BCUT2D eigenvalue weighted by Gasteiger charge is 2.46. The fourth-order valence-corrected chi connectivity index (χ4v) is 3.57. The first-order chi connectivity index (χ1) is 15.2. The molecule has 168 valence electrons. The minimum Gasteiger partial charge on any atom is -0.507 e. The van der Waals surface area contributed by atoms with Gasteiger partial charge in [-0.1, -0.05) is 12.1 Å². The van der Waals surface area contributed by atoms with Crippen molar-refractivity contribution in [2.75, 3.05) is 20.3 Å². The number of hydrogen-bond donors (Lipinski definition) is 1. The van der Waals surface area contributed by atoms with Crippen molar-refractivity contribution in [3.05, 3.63) is 75.3 Å². The highest BCUT2D eigenvalue weighted by Crippen LogP contribution is 2.40. The summed E-state index contributed by atoms with van der Waals surface area (Å²) in [6.07, 6.45) is -0.0329. The predicted molar refractivity (Wildman–Crippen MR) is 116 cm³/mol. The summed E-state index contributed by atoms with van der Waals surface area (Å²) in [5.41, 5.74) is 0.344. The number of non-ortho nitro benzene ring substituents is 1. The number of aliphatic hydroxyl groups excluding tert-OH is 1. The van der Waals surface area contributed by atoms with Crippen molar-refractivity contribution in [2.24, 2.45) is 0 Å². The van der Waals surface area contributed by atoms with Crippen molar-refractivity contribution in [2.45, 2.75) is 26.0 Å². The van der Waals surface area contributed by atoms with Gasteiger partial charge in [0.15, 0.2) is 0 Å². The largest absolute Gasteiger partial charge is 0.507 e. The van der Waals surface area contributed by atoms with Gasteiger partial charge in [0.2, 0.25) is 0 Å². The maximum atomic E-state index is 12.9. The summed E-state index contributed by atoms with van der Waals surface area (Å²) in [6.45, 7) is 3.99. The molecule has 1 saturated heterocycles. The first-order valence-electron chi connectivity index (χ1n) is 10.0. The lowest BCUT2D eigenvalue weighted by Gasteiger charge is -2.25. The summed E-state index contributed by atoms with van der Waals surface area (Å²) in [4.78, 5) is 37.6. The summed E-state index contributed by atoms with van der Waals surface area (Å²) in [7, 11) is 1.46. The normalized spacial score (nSPS) is 17.8. The number of likely N-dealkylation sites (tertiary alicyclic amines) is 1. The number of methoxy groups -OCH3 is 1. The van der Waals surface area contributed by atoms with Crippen molar-refractivity contribution >= 4 is 23.1 Å². The first kappa shape index (κ1) is 23.0. The van der Waals surface area contributed by atoms with Gasteiger partial charge in [0, 0.05) is 31.4 Å².